The van der Waals surface area contributed by atoms with Gasteiger partial charge in [0.15, 0.2) is 11.6 Å². The second-order valence-electron chi connectivity index (χ2n) is 7.56. The predicted molar refractivity (Wildman–Crippen MR) is 99.5 cm³/mol. The Labute approximate surface area is 155 Å². The molecule has 0 radical (unpaired) electrons. The number of halogens is 2. The van der Waals surface area contributed by atoms with E-state index in [2.05, 4.69) is 12.2 Å². The van der Waals surface area contributed by atoms with E-state index >= 15 is 0 Å². The average molecular weight is 364 g/mol. The Kier molecular flexibility index (Phi) is 6.68. The summed E-state index contributed by atoms with van der Waals surface area (Å²) in [5.74, 6) is -0.196. The Morgan fingerprint density at radius 2 is 1.77 bits per heavy atom. The smallest absolute Gasteiger partial charge is 0.200 e. The molecule has 2 unspecified atom stereocenters. The van der Waals surface area contributed by atoms with Crippen molar-refractivity contribution >= 4 is 0 Å². The van der Waals surface area contributed by atoms with Crippen LogP contribution < -0.4 is 4.74 Å². The van der Waals surface area contributed by atoms with Crippen LogP contribution in [-0.2, 0) is 4.74 Å². The van der Waals surface area contributed by atoms with Gasteiger partial charge in [-0.2, -0.15) is 4.39 Å². The van der Waals surface area contributed by atoms with Crippen molar-refractivity contribution in [2.45, 2.75) is 64.4 Å². The average Bonchev–Trinajstić information content (AvgIpc) is 2.67. The molecule has 1 aromatic rings. The van der Waals surface area contributed by atoms with Crippen molar-refractivity contribution in [1.82, 2.24) is 0 Å². The first kappa shape index (κ1) is 19.3. The molecule has 1 aliphatic heterocycles. The van der Waals surface area contributed by atoms with Crippen molar-refractivity contribution in [3.05, 3.63) is 41.5 Å². The van der Waals surface area contributed by atoms with E-state index in [-0.39, 0.29) is 17.8 Å². The van der Waals surface area contributed by atoms with E-state index in [0.29, 0.717) is 24.0 Å². The number of allylic oxidation sites excluding steroid dienone is 1. The zero-order valence-electron chi connectivity index (χ0n) is 15.8. The third kappa shape index (κ3) is 4.28. The molecule has 2 aliphatic rings. The molecule has 4 heteroatoms. The van der Waals surface area contributed by atoms with Gasteiger partial charge in [-0.05, 0) is 81.8 Å². The predicted octanol–water partition coefficient (Wildman–Crippen LogP) is 6.01. The Balaban J connectivity index is 1.57. The van der Waals surface area contributed by atoms with Gasteiger partial charge in [-0.3, -0.25) is 0 Å². The summed E-state index contributed by atoms with van der Waals surface area (Å²) in [6.45, 7) is 4.96. The number of benzene rings is 1. The Morgan fingerprint density at radius 3 is 2.38 bits per heavy atom. The van der Waals surface area contributed by atoms with Crippen LogP contribution in [0, 0.1) is 23.5 Å². The third-order valence-electron chi connectivity index (χ3n) is 6.01. The van der Waals surface area contributed by atoms with Crippen molar-refractivity contribution in [2.75, 3.05) is 13.2 Å². The van der Waals surface area contributed by atoms with Gasteiger partial charge in [0.05, 0.1) is 19.3 Å². The molecule has 2 nitrogen and oxygen atoms in total. The molecule has 26 heavy (non-hydrogen) atoms. The summed E-state index contributed by atoms with van der Waals surface area (Å²) in [5, 5.41) is 0. The minimum Gasteiger partial charge on any atom is -0.491 e. The fourth-order valence-electron chi connectivity index (χ4n) is 4.56. The zero-order valence-corrected chi connectivity index (χ0v) is 15.8. The summed E-state index contributed by atoms with van der Waals surface area (Å²) in [6.07, 6.45) is 10.7. The monoisotopic (exact) mass is 364 g/mol. The molecule has 0 spiro atoms. The van der Waals surface area contributed by atoms with Crippen molar-refractivity contribution in [3.8, 4) is 5.75 Å². The van der Waals surface area contributed by atoms with E-state index in [4.69, 9.17) is 9.47 Å². The van der Waals surface area contributed by atoms with E-state index in [0.717, 1.165) is 38.7 Å². The first-order valence-electron chi connectivity index (χ1n) is 9.99. The lowest BCUT2D eigenvalue weighted by molar-refractivity contribution is -0.0150. The highest BCUT2D eigenvalue weighted by Gasteiger charge is 2.32. The van der Waals surface area contributed by atoms with Gasteiger partial charge in [0.2, 0.25) is 5.82 Å². The quantitative estimate of drug-likeness (QED) is 0.596. The maximum atomic E-state index is 14.5. The molecule has 1 aliphatic carbocycles. The second-order valence-corrected chi connectivity index (χ2v) is 7.56. The van der Waals surface area contributed by atoms with Crippen LogP contribution >= 0.6 is 0 Å². The summed E-state index contributed by atoms with van der Waals surface area (Å²) in [4.78, 5) is 0. The van der Waals surface area contributed by atoms with Crippen LogP contribution in [0.4, 0.5) is 8.78 Å². The lowest BCUT2D eigenvalue weighted by Crippen LogP contribution is -2.31. The van der Waals surface area contributed by atoms with Crippen LogP contribution in [0.5, 0.6) is 5.75 Å². The molecule has 0 amide bonds. The third-order valence-corrected chi connectivity index (χ3v) is 6.01. The molecule has 0 bridgehead atoms. The number of hydrogen-bond donors (Lipinski definition) is 0. The molecule has 1 saturated heterocycles. The van der Waals surface area contributed by atoms with Gasteiger partial charge in [-0.1, -0.05) is 18.2 Å². The lowest BCUT2D eigenvalue weighted by Gasteiger charge is -2.37. The zero-order chi connectivity index (χ0) is 18.5. The Hall–Kier alpha value is -1.42. The summed E-state index contributed by atoms with van der Waals surface area (Å²) in [5.41, 5.74) is 0.512. The van der Waals surface area contributed by atoms with Crippen molar-refractivity contribution in [1.29, 1.82) is 0 Å². The summed E-state index contributed by atoms with van der Waals surface area (Å²) >= 11 is 0. The van der Waals surface area contributed by atoms with Gasteiger partial charge in [-0.15, -0.1) is 0 Å². The molecule has 0 N–H and O–H groups in total. The lowest BCUT2D eigenvalue weighted by atomic mass is 9.72. The van der Waals surface area contributed by atoms with E-state index in [9.17, 15) is 8.78 Å². The van der Waals surface area contributed by atoms with Crippen LogP contribution in [0.25, 0.3) is 0 Å². The molecule has 1 aromatic carbocycles. The largest absolute Gasteiger partial charge is 0.491 e. The molecule has 2 atom stereocenters. The van der Waals surface area contributed by atoms with Gasteiger partial charge in [0, 0.05) is 0 Å². The van der Waals surface area contributed by atoms with Gasteiger partial charge in [-0.25, -0.2) is 4.39 Å². The van der Waals surface area contributed by atoms with Gasteiger partial charge < -0.3 is 9.47 Å². The molecule has 3 rings (SSSR count). The van der Waals surface area contributed by atoms with Crippen molar-refractivity contribution in [2.24, 2.45) is 11.8 Å². The topological polar surface area (TPSA) is 18.5 Å². The summed E-state index contributed by atoms with van der Waals surface area (Å²) < 4.78 is 39.7. The standard InChI is InChI=1S/C22H30F2O2/c1-3-5-18-11-10-17(14-26-18)15-6-8-16(9-7-15)19-12-13-20(25-4-2)22(24)21(19)23/h3,5,12-13,15-18H,4,6-11,14H2,1-2H3. The second kappa shape index (κ2) is 8.98. The molecule has 144 valence electrons. The molecular formula is C22H30F2O2. The van der Waals surface area contributed by atoms with Crippen molar-refractivity contribution < 1.29 is 18.3 Å². The van der Waals surface area contributed by atoms with Gasteiger partial charge in [0.25, 0.3) is 0 Å². The van der Waals surface area contributed by atoms with E-state index in [1.807, 2.05) is 6.92 Å². The SMILES string of the molecule is CC=CC1CCC(C2CCC(c3ccc(OCC)c(F)c3F)CC2)CO1. The van der Waals surface area contributed by atoms with Crippen LogP contribution in [0.3, 0.4) is 0 Å². The van der Waals surface area contributed by atoms with Crippen LogP contribution in [-0.4, -0.2) is 19.3 Å². The van der Waals surface area contributed by atoms with E-state index in [1.165, 1.54) is 6.42 Å². The number of hydrogen-bond acceptors (Lipinski definition) is 2. The van der Waals surface area contributed by atoms with Crippen molar-refractivity contribution in [3.63, 3.8) is 0 Å². The molecule has 0 aromatic heterocycles. The molecule has 1 heterocycles. The maximum Gasteiger partial charge on any atom is 0.200 e. The fourth-order valence-corrected chi connectivity index (χ4v) is 4.56. The molecule has 2 fully saturated rings. The maximum absolute atomic E-state index is 14.5. The number of ether oxygens (including phenoxy) is 2. The fraction of sp³-hybridized carbons (Fsp3) is 0.636. The van der Waals surface area contributed by atoms with Crippen LogP contribution in [0.2, 0.25) is 0 Å². The Bertz CT molecular complexity index is 613. The normalized spacial score (nSPS) is 29.8. The highest BCUT2D eigenvalue weighted by molar-refractivity contribution is 5.33. The Morgan fingerprint density at radius 1 is 1.04 bits per heavy atom. The van der Waals surface area contributed by atoms with Crippen LogP contribution in [0.15, 0.2) is 24.3 Å². The highest BCUT2D eigenvalue weighted by atomic mass is 19.2. The minimum absolute atomic E-state index is 0.0115. The number of rotatable bonds is 5. The van der Waals surface area contributed by atoms with Gasteiger partial charge >= 0.3 is 0 Å². The van der Waals surface area contributed by atoms with E-state index in [1.54, 1.807) is 19.1 Å². The highest BCUT2D eigenvalue weighted by Crippen LogP contribution is 2.42. The first-order chi connectivity index (χ1) is 12.6. The molecule has 1 saturated carbocycles. The van der Waals surface area contributed by atoms with E-state index < -0.39 is 11.6 Å². The molecular weight excluding hydrogens is 334 g/mol. The summed E-state index contributed by atoms with van der Waals surface area (Å²) in [6, 6.07) is 3.28. The minimum atomic E-state index is -0.845. The first-order valence-corrected chi connectivity index (χ1v) is 9.99. The van der Waals surface area contributed by atoms with Gasteiger partial charge in [0.1, 0.15) is 0 Å². The van der Waals surface area contributed by atoms with Crippen LogP contribution in [0.1, 0.15) is 63.9 Å². The summed E-state index contributed by atoms with van der Waals surface area (Å²) in [7, 11) is 0.